The van der Waals surface area contributed by atoms with Crippen LogP contribution in [0.3, 0.4) is 0 Å². The fraction of sp³-hybridized carbons (Fsp3) is 0.421. The molecule has 150 valence electrons. The van der Waals surface area contributed by atoms with Crippen LogP contribution in [0.5, 0.6) is 0 Å². The number of hydrogen-bond acceptors (Lipinski definition) is 7. The maximum Gasteiger partial charge on any atom is 0.227 e. The van der Waals surface area contributed by atoms with E-state index in [4.69, 9.17) is 17.3 Å². The van der Waals surface area contributed by atoms with Gasteiger partial charge in [0.2, 0.25) is 5.95 Å². The molecule has 9 heteroatoms. The summed E-state index contributed by atoms with van der Waals surface area (Å²) in [6, 6.07) is 5.32. The Balaban J connectivity index is 2.07. The lowest BCUT2D eigenvalue weighted by molar-refractivity contribution is 0.248. The predicted octanol–water partition coefficient (Wildman–Crippen LogP) is 3.82. The highest BCUT2D eigenvalue weighted by molar-refractivity contribution is 6.33. The summed E-state index contributed by atoms with van der Waals surface area (Å²) in [5.74, 6) is 1.19. The highest BCUT2D eigenvalue weighted by atomic mass is 35.5. The lowest BCUT2D eigenvalue weighted by Crippen LogP contribution is -2.30. The van der Waals surface area contributed by atoms with Gasteiger partial charge in [-0.3, -0.25) is 0 Å². The van der Waals surface area contributed by atoms with Crippen LogP contribution >= 0.6 is 11.6 Å². The molecule has 0 aliphatic carbocycles. The minimum absolute atomic E-state index is 0.0150. The number of rotatable bonds is 7. The van der Waals surface area contributed by atoms with Gasteiger partial charge in [-0.15, -0.1) is 0 Å². The van der Waals surface area contributed by atoms with E-state index in [1.807, 2.05) is 24.5 Å². The number of aromatic nitrogens is 4. The van der Waals surface area contributed by atoms with Crippen LogP contribution in [-0.2, 0) is 0 Å². The van der Waals surface area contributed by atoms with E-state index < -0.39 is 0 Å². The molecule has 0 aliphatic rings. The number of nitrogens with zero attached hydrogens (tertiary/aromatic N) is 4. The molecule has 3 rings (SSSR count). The third-order valence-electron chi connectivity index (χ3n) is 4.56. The summed E-state index contributed by atoms with van der Waals surface area (Å²) in [6.07, 6.45) is 1.75. The number of nitrogens with one attached hydrogen (secondary N) is 2. The minimum atomic E-state index is -0.160. The van der Waals surface area contributed by atoms with Gasteiger partial charge >= 0.3 is 0 Å². The summed E-state index contributed by atoms with van der Waals surface area (Å²) in [5.41, 5.74) is 8.40. The van der Waals surface area contributed by atoms with E-state index in [0.29, 0.717) is 33.6 Å². The molecule has 0 radical (unpaired) electrons. The molecule has 28 heavy (non-hydrogen) atoms. The van der Waals surface area contributed by atoms with E-state index in [0.717, 1.165) is 5.69 Å². The van der Waals surface area contributed by atoms with Crippen molar-refractivity contribution in [3.05, 3.63) is 29.5 Å². The Hall–Kier alpha value is -2.58. The van der Waals surface area contributed by atoms with Crippen LogP contribution in [0, 0.1) is 5.92 Å². The third-order valence-corrected chi connectivity index (χ3v) is 4.88. The monoisotopic (exact) mass is 403 g/mol. The molecular formula is C19H26ClN7O. The molecule has 5 N–H and O–H groups in total. The summed E-state index contributed by atoms with van der Waals surface area (Å²) in [7, 11) is 0. The van der Waals surface area contributed by atoms with Crippen LogP contribution in [0.1, 0.15) is 33.7 Å². The van der Waals surface area contributed by atoms with Crippen molar-refractivity contribution in [1.82, 2.24) is 19.5 Å². The van der Waals surface area contributed by atoms with Crippen LogP contribution in [-0.4, -0.2) is 37.3 Å². The number of imidazole rings is 1. The van der Waals surface area contributed by atoms with E-state index in [9.17, 15) is 5.11 Å². The second-order valence-corrected chi connectivity index (χ2v) is 7.76. The number of anilines is 4. The van der Waals surface area contributed by atoms with Crippen LogP contribution < -0.4 is 16.4 Å². The Morgan fingerprint density at radius 2 is 1.96 bits per heavy atom. The van der Waals surface area contributed by atoms with Gasteiger partial charge in [-0.2, -0.15) is 9.97 Å². The summed E-state index contributed by atoms with van der Waals surface area (Å²) in [4.78, 5) is 13.7. The summed E-state index contributed by atoms with van der Waals surface area (Å²) in [5, 5.41) is 16.6. The molecule has 2 aromatic heterocycles. The number of aliphatic hydroxyl groups is 1. The molecule has 1 aromatic carbocycles. The zero-order valence-corrected chi connectivity index (χ0v) is 17.2. The lowest BCUT2D eigenvalue weighted by atomic mass is 10.1. The van der Waals surface area contributed by atoms with Crippen molar-refractivity contribution >= 4 is 45.9 Å². The van der Waals surface area contributed by atoms with Crippen LogP contribution in [0.2, 0.25) is 5.02 Å². The average molecular weight is 404 g/mol. The van der Waals surface area contributed by atoms with Crippen molar-refractivity contribution in [2.24, 2.45) is 5.92 Å². The minimum Gasteiger partial charge on any atom is -0.398 e. The molecule has 3 aromatic rings. The van der Waals surface area contributed by atoms with Gasteiger partial charge in [0.25, 0.3) is 0 Å². The van der Waals surface area contributed by atoms with Gasteiger partial charge in [0.15, 0.2) is 17.0 Å². The molecule has 0 amide bonds. The number of halogens is 1. The van der Waals surface area contributed by atoms with Crippen molar-refractivity contribution in [2.75, 3.05) is 23.0 Å². The number of nitrogen functional groups attached to an aromatic ring is 1. The molecule has 0 bridgehead atoms. The van der Waals surface area contributed by atoms with Gasteiger partial charge in [-0.25, -0.2) is 4.98 Å². The summed E-state index contributed by atoms with van der Waals surface area (Å²) >= 11 is 6.14. The number of benzene rings is 1. The molecule has 0 saturated heterocycles. The van der Waals surface area contributed by atoms with Crippen molar-refractivity contribution in [3.63, 3.8) is 0 Å². The summed E-state index contributed by atoms with van der Waals surface area (Å²) < 4.78 is 1.98. The number of aliphatic hydroxyl groups excluding tert-OH is 1. The van der Waals surface area contributed by atoms with Gasteiger partial charge < -0.3 is 26.0 Å². The Bertz CT molecular complexity index is 970. The average Bonchev–Trinajstić information content (AvgIpc) is 3.07. The van der Waals surface area contributed by atoms with E-state index in [2.05, 4.69) is 39.4 Å². The number of hydrogen-bond donors (Lipinski definition) is 4. The second kappa shape index (κ2) is 8.20. The zero-order valence-electron chi connectivity index (χ0n) is 16.4. The zero-order chi connectivity index (χ0) is 20.4. The molecule has 0 saturated carbocycles. The molecule has 0 spiro atoms. The summed E-state index contributed by atoms with van der Waals surface area (Å²) in [6.45, 7) is 8.17. The van der Waals surface area contributed by atoms with Crippen LogP contribution in [0.15, 0.2) is 24.5 Å². The molecule has 0 fully saturated rings. The van der Waals surface area contributed by atoms with Crippen molar-refractivity contribution < 1.29 is 5.11 Å². The first-order valence-corrected chi connectivity index (χ1v) is 9.62. The van der Waals surface area contributed by atoms with E-state index in [-0.39, 0.29) is 24.6 Å². The van der Waals surface area contributed by atoms with Crippen molar-refractivity contribution in [1.29, 1.82) is 0 Å². The quantitative estimate of drug-likeness (QED) is 0.443. The first kappa shape index (κ1) is 20.2. The predicted molar refractivity (Wildman–Crippen MR) is 114 cm³/mol. The second-order valence-electron chi connectivity index (χ2n) is 7.35. The molecule has 0 unspecified atom stereocenters. The van der Waals surface area contributed by atoms with Gasteiger partial charge in [0, 0.05) is 11.7 Å². The molecule has 2 heterocycles. The van der Waals surface area contributed by atoms with Crippen molar-refractivity contribution in [2.45, 2.75) is 39.8 Å². The van der Waals surface area contributed by atoms with E-state index in [1.54, 1.807) is 18.5 Å². The standard InChI is InChI=1S/C19H26ClN7O/c1-10(2)15(8-28)24-19-25-17(23-12-5-6-14(21)13(20)7-12)16-18(26-19)27(9-22-16)11(3)4/h5-7,9-11,15,28H,8,21H2,1-4H3,(H2,23,24,25,26)/t15-/m0/s1. The highest BCUT2D eigenvalue weighted by Crippen LogP contribution is 2.29. The maximum absolute atomic E-state index is 9.66. The third kappa shape index (κ3) is 4.13. The Kier molecular flexibility index (Phi) is 5.90. The highest BCUT2D eigenvalue weighted by Gasteiger charge is 2.18. The van der Waals surface area contributed by atoms with Crippen LogP contribution in [0.25, 0.3) is 11.2 Å². The maximum atomic E-state index is 9.66. The first-order valence-electron chi connectivity index (χ1n) is 9.24. The largest absolute Gasteiger partial charge is 0.398 e. The SMILES string of the molecule is CC(C)[C@H](CO)Nc1nc(Nc2ccc(N)c(Cl)c2)c2ncn(C(C)C)c2n1. The van der Waals surface area contributed by atoms with Crippen molar-refractivity contribution in [3.8, 4) is 0 Å². The fourth-order valence-electron chi connectivity index (χ4n) is 2.78. The molecule has 8 nitrogen and oxygen atoms in total. The Morgan fingerprint density at radius 1 is 1.21 bits per heavy atom. The lowest BCUT2D eigenvalue weighted by Gasteiger charge is -2.20. The smallest absolute Gasteiger partial charge is 0.227 e. The molecule has 1 atom stereocenters. The van der Waals surface area contributed by atoms with Crippen LogP contribution in [0.4, 0.5) is 23.1 Å². The van der Waals surface area contributed by atoms with Gasteiger partial charge in [0.05, 0.1) is 29.7 Å². The molecule has 0 aliphatic heterocycles. The topological polar surface area (TPSA) is 114 Å². The van der Waals surface area contributed by atoms with E-state index >= 15 is 0 Å². The first-order chi connectivity index (χ1) is 13.3. The Morgan fingerprint density at radius 3 is 2.57 bits per heavy atom. The van der Waals surface area contributed by atoms with Gasteiger partial charge in [-0.1, -0.05) is 25.4 Å². The van der Waals surface area contributed by atoms with Gasteiger partial charge in [-0.05, 0) is 38.0 Å². The normalized spacial score (nSPS) is 12.7. The Labute approximate surface area is 169 Å². The van der Waals surface area contributed by atoms with E-state index in [1.165, 1.54) is 0 Å². The number of fused-ring (bicyclic) bond motifs is 1. The van der Waals surface area contributed by atoms with Gasteiger partial charge in [0.1, 0.15) is 0 Å². The fourth-order valence-corrected chi connectivity index (χ4v) is 2.96. The number of nitrogens with two attached hydrogens (primary N) is 1. The molecular weight excluding hydrogens is 378 g/mol.